The highest BCUT2D eigenvalue weighted by atomic mass is 16.5. The van der Waals surface area contributed by atoms with Crippen molar-refractivity contribution in [3.63, 3.8) is 0 Å². The fraction of sp³-hybridized carbons (Fsp3) is 0.629. The number of esters is 1. The normalized spacial score (nSPS) is 18.5. The van der Waals surface area contributed by atoms with Crippen molar-refractivity contribution in [3.8, 4) is 5.75 Å². The molecule has 3 rings (SSSR count). The minimum Gasteiger partial charge on any atom is -0.426 e. The van der Waals surface area contributed by atoms with Gasteiger partial charge < -0.3 is 4.74 Å². The lowest BCUT2D eigenvalue weighted by Crippen LogP contribution is -2.14. The lowest BCUT2D eigenvalue weighted by Gasteiger charge is -2.29. The Morgan fingerprint density at radius 2 is 1.59 bits per heavy atom. The molecule has 37 heavy (non-hydrogen) atoms. The topological polar surface area (TPSA) is 26.3 Å². The summed E-state index contributed by atoms with van der Waals surface area (Å²) in [4.78, 5) is 12.6. The van der Waals surface area contributed by atoms with Gasteiger partial charge in [-0.2, -0.15) is 0 Å². The molecular formula is C35H52O2. The van der Waals surface area contributed by atoms with Gasteiger partial charge in [-0.25, -0.2) is 0 Å². The molecule has 2 heteroatoms. The fourth-order valence-corrected chi connectivity index (χ4v) is 6.09. The average Bonchev–Trinajstić information content (AvgIpc) is 2.89. The monoisotopic (exact) mass is 504 g/mol. The van der Waals surface area contributed by atoms with E-state index in [2.05, 4.69) is 58.0 Å². The molecule has 0 bridgehead atoms. The zero-order chi connectivity index (χ0) is 26.5. The minimum absolute atomic E-state index is 0.0999. The largest absolute Gasteiger partial charge is 0.426 e. The van der Waals surface area contributed by atoms with Crippen LogP contribution in [0.3, 0.4) is 0 Å². The van der Waals surface area contributed by atoms with Crippen LogP contribution in [0.4, 0.5) is 0 Å². The van der Waals surface area contributed by atoms with Crippen LogP contribution < -0.4 is 4.74 Å². The summed E-state index contributed by atoms with van der Waals surface area (Å²) in [6, 6.07) is 15.3. The second-order valence-electron chi connectivity index (χ2n) is 11.8. The van der Waals surface area contributed by atoms with Crippen molar-refractivity contribution in [3.05, 3.63) is 64.7 Å². The van der Waals surface area contributed by atoms with Crippen LogP contribution in [-0.4, -0.2) is 5.97 Å². The van der Waals surface area contributed by atoms with Crippen LogP contribution in [0.1, 0.15) is 132 Å². The van der Waals surface area contributed by atoms with Gasteiger partial charge in [0, 0.05) is 6.42 Å². The zero-order valence-electron chi connectivity index (χ0n) is 24.2. The van der Waals surface area contributed by atoms with E-state index in [-0.39, 0.29) is 5.97 Å². The molecule has 1 saturated carbocycles. The highest BCUT2D eigenvalue weighted by Gasteiger charge is 2.22. The number of carbonyl (C=O) groups excluding carboxylic acids is 1. The van der Waals surface area contributed by atoms with Crippen molar-refractivity contribution in [2.75, 3.05) is 0 Å². The molecule has 2 aromatic rings. The van der Waals surface area contributed by atoms with E-state index in [1.165, 1.54) is 87.3 Å². The third kappa shape index (κ3) is 9.95. The van der Waals surface area contributed by atoms with Crippen LogP contribution in [0.15, 0.2) is 42.5 Å². The predicted octanol–water partition coefficient (Wildman–Crippen LogP) is 10.1. The van der Waals surface area contributed by atoms with Crippen molar-refractivity contribution in [1.29, 1.82) is 0 Å². The quantitative estimate of drug-likeness (QED) is 0.137. The number of carbonyl (C=O) groups is 1. The van der Waals surface area contributed by atoms with Crippen LogP contribution in [0, 0.1) is 18.8 Å². The van der Waals surface area contributed by atoms with E-state index in [1.54, 1.807) is 0 Å². The summed E-state index contributed by atoms with van der Waals surface area (Å²) in [7, 11) is 0. The first-order valence-electron chi connectivity index (χ1n) is 15.4. The Morgan fingerprint density at radius 1 is 0.892 bits per heavy atom. The first kappa shape index (κ1) is 29.5. The van der Waals surface area contributed by atoms with Gasteiger partial charge in [-0.05, 0) is 91.5 Å². The van der Waals surface area contributed by atoms with E-state index in [1.807, 2.05) is 12.1 Å². The lowest BCUT2D eigenvalue weighted by molar-refractivity contribution is -0.135. The van der Waals surface area contributed by atoms with E-state index in [9.17, 15) is 4.79 Å². The Hall–Kier alpha value is -2.09. The van der Waals surface area contributed by atoms with Crippen LogP contribution in [-0.2, 0) is 17.6 Å². The Balaban J connectivity index is 1.51. The maximum atomic E-state index is 12.6. The van der Waals surface area contributed by atoms with Gasteiger partial charge in [-0.1, -0.05) is 109 Å². The molecule has 1 fully saturated rings. The molecule has 0 amide bonds. The fourth-order valence-electron chi connectivity index (χ4n) is 6.09. The van der Waals surface area contributed by atoms with E-state index in [0.29, 0.717) is 12.3 Å². The van der Waals surface area contributed by atoms with Crippen molar-refractivity contribution >= 4 is 5.97 Å². The van der Waals surface area contributed by atoms with Crippen molar-refractivity contribution in [1.82, 2.24) is 0 Å². The molecular weight excluding hydrogens is 452 g/mol. The van der Waals surface area contributed by atoms with Gasteiger partial charge in [0.05, 0.1) is 0 Å². The number of para-hydroxylation sites is 1. The van der Waals surface area contributed by atoms with Crippen molar-refractivity contribution in [2.45, 2.75) is 130 Å². The maximum Gasteiger partial charge on any atom is 0.311 e. The van der Waals surface area contributed by atoms with Crippen LogP contribution in [0.25, 0.3) is 0 Å². The lowest BCUT2D eigenvalue weighted by atomic mass is 9.76. The Bertz CT molecular complexity index is 938. The standard InChI is InChI=1S/C35H52O2/c1-5-7-9-13-27(3)25-35(36)37-34-16-12-11-15-32(34)23-21-30-22-24-33(26-28(30)4)31-19-17-29(18-20-31)14-10-8-6-2/h11-12,15-16,22,24,26-27,29,31H,5-10,13-14,17-21,23,25H2,1-4H3/t27?,29-,31-. The number of benzene rings is 2. The second kappa shape index (κ2) is 16.0. The van der Waals surface area contributed by atoms with Gasteiger partial charge in [0.25, 0.3) is 0 Å². The summed E-state index contributed by atoms with van der Waals surface area (Å²) in [6.45, 7) is 8.94. The van der Waals surface area contributed by atoms with E-state index in [4.69, 9.17) is 4.74 Å². The number of ether oxygens (including phenoxy) is 1. The Kier molecular flexibility index (Phi) is 12.7. The Labute approximate surface area is 227 Å². The Morgan fingerprint density at radius 3 is 2.32 bits per heavy atom. The van der Waals surface area contributed by atoms with Crippen LogP contribution >= 0.6 is 0 Å². The molecule has 1 atom stereocenters. The molecule has 2 nitrogen and oxygen atoms in total. The minimum atomic E-state index is -0.0999. The third-order valence-corrected chi connectivity index (χ3v) is 8.58. The number of aryl methyl sites for hydroxylation is 3. The van der Waals surface area contributed by atoms with Gasteiger partial charge in [0.1, 0.15) is 5.75 Å². The first-order valence-corrected chi connectivity index (χ1v) is 15.4. The van der Waals surface area contributed by atoms with Gasteiger partial charge in [0.15, 0.2) is 0 Å². The summed E-state index contributed by atoms with van der Waals surface area (Å²) in [5.74, 6) is 2.71. The molecule has 0 radical (unpaired) electrons. The van der Waals surface area contributed by atoms with Gasteiger partial charge in [-0.15, -0.1) is 0 Å². The molecule has 1 aliphatic carbocycles. The molecule has 204 valence electrons. The highest BCUT2D eigenvalue weighted by molar-refractivity contribution is 5.73. The van der Waals surface area contributed by atoms with E-state index in [0.717, 1.165) is 42.4 Å². The molecule has 0 aromatic heterocycles. The summed E-state index contributed by atoms with van der Waals surface area (Å²) < 4.78 is 5.84. The first-order chi connectivity index (χ1) is 18.0. The summed E-state index contributed by atoms with van der Waals surface area (Å²) in [6.07, 6.45) is 18.2. The van der Waals surface area contributed by atoms with Crippen LogP contribution in [0.2, 0.25) is 0 Å². The molecule has 0 heterocycles. The maximum absolute atomic E-state index is 12.6. The molecule has 2 aromatic carbocycles. The third-order valence-electron chi connectivity index (χ3n) is 8.58. The molecule has 0 saturated heterocycles. The van der Waals surface area contributed by atoms with Gasteiger partial charge in [0.2, 0.25) is 0 Å². The molecule has 1 unspecified atom stereocenters. The van der Waals surface area contributed by atoms with E-state index >= 15 is 0 Å². The smallest absolute Gasteiger partial charge is 0.311 e. The van der Waals surface area contributed by atoms with E-state index < -0.39 is 0 Å². The zero-order valence-corrected chi connectivity index (χ0v) is 24.2. The van der Waals surface area contributed by atoms with Crippen LogP contribution in [0.5, 0.6) is 5.75 Å². The molecule has 0 spiro atoms. The molecule has 1 aliphatic rings. The van der Waals surface area contributed by atoms with Crippen molar-refractivity contribution in [2.24, 2.45) is 11.8 Å². The van der Waals surface area contributed by atoms with Gasteiger partial charge >= 0.3 is 5.97 Å². The molecule has 0 aliphatic heterocycles. The highest BCUT2D eigenvalue weighted by Crippen LogP contribution is 2.38. The summed E-state index contributed by atoms with van der Waals surface area (Å²) in [5, 5.41) is 0. The summed E-state index contributed by atoms with van der Waals surface area (Å²) in [5.41, 5.74) is 5.47. The predicted molar refractivity (Wildman–Crippen MR) is 157 cm³/mol. The van der Waals surface area contributed by atoms with Crippen molar-refractivity contribution < 1.29 is 9.53 Å². The molecule has 0 N–H and O–H groups in total. The number of hydrogen-bond donors (Lipinski definition) is 0. The second-order valence-corrected chi connectivity index (χ2v) is 11.8. The summed E-state index contributed by atoms with van der Waals surface area (Å²) >= 11 is 0. The SMILES string of the molecule is CCCCCC(C)CC(=O)Oc1ccccc1CCc1ccc([C@H]2CC[C@H](CCCCC)CC2)cc1C. The van der Waals surface area contributed by atoms with Gasteiger partial charge in [-0.3, -0.25) is 4.79 Å². The number of unbranched alkanes of at least 4 members (excludes halogenated alkanes) is 4. The number of hydrogen-bond acceptors (Lipinski definition) is 2. The number of rotatable bonds is 15. The average molecular weight is 505 g/mol.